The standard InChI is InChI=1S/C22H30ClN5O3S.2H2O/c1-13-9-14(2)26-22(25-13)32-8-7-28-6-5-18(20(12-28)31-4)27-21(29)15-10-16(23)17(24)11-19(15)30-3;;/h9-11,18,20H,5-8,12,24H2,1-4H3,(H,27,29);2*1H2/t18-,20+;;/m1../s1. The van der Waals surface area contributed by atoms with Gasteiger partial charge in [-0.3, -0.25) is 9.69 Å². The van der Waals surface area contributed by atoms with Crippen molar-refractivity contribution >= 4 is 35.0 Å². The van der Waals surface area contributed by atoms with Gasteiger partial charge in [0, 0.05) is 50.0 Å². The topological polar surface area (TPSA) is 166 Å². The zero-order valence-corrected chi connectivity index (χ0v) is 21.4. The fraction of sp³-hybridized carbons (Fsp3) is 0.500. The highest BCUT2D eigenvalue weighted by molar-refractivity contribution is 7.99. The minimum atomic E-state index is -0.258. The van der Waals surface area contributed by atoms with Gasteiger partial charge in [0.15, 0.2) is 5.16 Å². The van der Waals surface area contributed by atoms with E-state index >= 15 is 0 Å². The number of halogens is 1. The number of amides is 1. The van der Waals surface area contributed by atoms with Gasteiger partial charge in [0.05, 0.1) is 35.5 Å². The molecule has 1 amide bonds. The van der Waals surface area contributed by atoms with Gasteiger partial charge >= 0.3 is 0 Å². The van der Waals surface area contributed by atoms with Crippen molar-refractivity contribution in [1.29, 1.82) is 0 Å². The van der Waals surface area contributed by atoms with Crippen LogP contribution in [-0.2, 0) is 4.74 Å². The number of hydrogen-bond acceptors (Lipinski definition) is 8. The molecule has 0 saturated carbocycles. The smallest absolute Gasteiger partial charge is 0.255 e. The van der Waals surface area contributed by atoms with Gasteiger partial charge in [0.2, 0.25) is 0 Å². The number of likely N-dealkylation sites (tertiary alicyclic amines) is 1. The molecule has 34 heavy (non-hydrogen) atoms. The Morgan fingerprint density at radius 3 is 2.53 bits per heavy atom. The first kappa shape index (κ1) is 29.9. The van der Waals surface area contributed by atoms with Crippen molar-refractivity contribution in [3.05, 3.63) is 40.2 Å². The van der Waals surface area contributed by atoms with E-state index in [0.29, 0.717) is 22.0 Å². The Kier molecular flexibility index (Phi) is 12.0. The normalized spacial score (nSPS) is 17.9. The van der Waals surface area contributed by atoms with Crippen LogP contribution in [-0.4, -0.2) is 83.5 Å². The molecule has 1 aliphatic heterocycles. The van der Waals surface area contributed by atoms with E-state index in [0.717, 1.165) is 48.4 Å². The summed E-state index contributed by atoms with van der Waals surface area (Å²) in [5.41, 5.74) is 8.51. The fourth-order valence-corrected chi connectivity index (χ4v) is 4.89. The molecule has 2 atom stereocenters. The van der Waals surface area contributed by atoms with E-state index in [-0.39, 0.29) is 29.0 Å². The highest BCUT2D eigenvalue weighted by atomic mass is 35.5. The maximum atomic E-state index is 12.9. The van der Waals surface area contributed by atoms with Crippen LogP contribution >= 0.6 is 23.4 Å². The molecule has 1 aliphatic rings. The van der Waals surface area contributed by atoms with Gasteiger partial charge in [-0.1, -0.05) is 23.4 Å². The van der Waals surface area contributed by atoms with Crippen molar-refractivity contribution in [1.82, 2.24) is 20.2 Å². The second-order valence-electron chi connectivity index (χ2n) is 7.80. The molecule has 0 spiro atoms. The van der Waals surface area contributed by atoms with Crippen LogP contribution in [0.5, 0.6) is 5.75 Å². The predicted molar refractivity (Wildman–Crippen MR) is 135 cm³/mol. The van der Waals surface area contributed by atoms with Crippen LogP contribution in [0.4, 0.5) is 5.69 Å². The molecular formula is C22H34ClN5O5S. The first-order valence-corrected chi connectivity index (χ1v) is 11.8. The Bertz CT molecular complexity index is 947. The summed E-state index contributed by atoms with van der Waals surface area (Å²) in [7, 11) is 3.17. The number of nitrogens with two attached hydrogens (primary N) is 1. The number of piperidine rings is 1. The van der Waals surface area contributed by atoms with Crippen molar-refractivity contribution in [2.24, 2.45) is 0 Å². The van der Waals surface area contributed by atoms with Gasteiger partial charge in [-0.15, -0.1) is 0 Å². The number of ether oxygens (including phenoxy) is 2. The summed E-state index contributed by atoms with van der Waals surface area (Å²) in [5.74, 6) is 1.02. The first-order valence-electron chi connectivity index (χ1n) is 10.4. The van der Waals surface area contributed by atoms with E-state index in [2.05, 4.69) is 20.2 Å². The van der Waals surface area contributed by atoms with Crippen LogP contribution in [0.2, 0.25) is 5.02 Å². The number of nitrogen functional groups attached to an aromatic ring is 1. The van der Waals surface area contributed by atoms with Crippen LogP contribution in [0.25, 0.3) is 0 Å². The average Bonchev–Trinajstić information content (AvgIpc) is 2.75. The Morgan fingerprint density at radius 2 is 1.91 bits per heavy atom. The summed E-state index contributed by atoms with van der Waals surface area (Å²) in [6.07, 6.45) is 0.658. The third-order valence-electron chi connectivity index (χ3n) is 5.43. The van der Waals surface area contributed by atoms with Gasteiger partial charge in [-0.05, 0) is 32.4 Å². The van der Waals surface area contributed by atoms with Crippen LogP contribution in [0.15, 0.2) is 23.4 Å². The van der Waals surface area contributed by atoms with Gasteiger partial charge in [0.1, 0.15) is 5.75 Å². The molecule has 0 bridgehead atoms. The Hall–Kier alpha value is -2.15. The molecule has 2 aromatic rings. The number of methoxy groups -OCH3 is 2. The molecule has 10 nitrogen and oxygen atoms in total. The lowest BCUT2D eigenvalue weighted by atomic mass is 10.0. The highest BCUT2D eigenvalue weighted by Gasteiger charge is 2.31. The summed E-state index contributed by atoms with van der Waals surface area (Å²) >= 11 is 7.77. The zero-order chi connectivity index (χ0) is 23.3. The lowest BCUT2D eigenvalue weighted by Gasteiger charge is -2.38. The molecule has 7 N–H and O–H groups in total. The molecule has 1 fully saturated rings. The van der Waals surface area contributed by atoms with Crippen LogP contribution in [0.1, 0.15) is 28.2 Å². The zero-order valence-electron chi connectivity index (χ0n) is 19.9. The van der Waals surface area contributed by atoms with E-state index < -0.39 is 0 Å². The Balaban J connectivity index is 0.00000289. The number of benzene rings is 1. The third kappa shape index (κ3) is 7.69. The summed E-state index contributed by atoms with van der Waals surface area (Å²) in [6.45, 7) is 6.45. The molecule has 190 valence electrons. The van der Waals surface area contributed by atoms with Crippen LogP contribution < -0.4 is 15.8 Å². The van der Waals surface area contributed by atoms with E-state index in [1.165, 1.54) is 13.2 Å². The molecule has 2 heterocycles. The van der Waals surface area contributed by atoms with Crippen molar-refractivity contribution < 1.29 is 25.2 Å². The number of thioether (sulfide) groups is 1. The van der Waals surface area contributed by atoms with Gasteiger partial charge in [-0.2, -0.15) is 0 Å². The van der Waals surface area contributed by atoms with Crippen molar-refractivity contribution in [2.75, 3.05) is 45.3 Å². The SMILES string of the molecule is COc1cc(N)c(Cl)cc1C(=O)N[C@@H]1CCN(CCSc2nc(C)cc(C)n2)C[C@@H]1OC.O.O. The van der Waals surface area contributed by atoms with E-state index in [4.69, 9.17) is 26.8 Å². The van der Waals surface area contributed by atoms with Gasteiger partial charge in [-0.25, -0.2) is 9.97 Å². The second-order valence-corrected chi connectivity index (χ2v) is 9.27. The molecule has 12 heteroatoms. The minimum Gasteiger partial charge on any atom is -0.496 e. The number of carbonyl (C=O) groups excluding carboxylic acids is 1. The second kappa shape index (κ2) is 13.7. The Morgan fingerprint density at radius 1 is 1.24 bits per heavy atom. The first-order chi connectivity index (χ1) is 15.3. The number of hydrogen-bond donors (Lipinski definition) is 2. The van der Waals surface area contributed by atoms with Gasteiger partial charge < -0.3 is 31.5 Å². The van der Waals surface area contributed by atoms with Crippen LogP contribution in [0.3, 0.4) is 0 Å². The molecule has 0 radical (unpaired) electrons. The number of rotatable bonds is 8. The lowest BCUT2D eigenvalue weighted by molar-refractivity contribution is 0.00833. The molecule has 3 rings (SSSR count). The van der Waals surface area contributed by atoms with Gasteiger partial charge in [0.25, 0.3) is 5.91 Å². The minimum absolute atomic E-state index is 0. The molecular weight excluding hydrogens is 482 g/mol. The maximum absolute atomic E-state index is 12.9. The predicted octanol–water partition coefficient (Wildman–Crippen LogP) is 1.30. The number of carbonyl (C=O) groups is 1. The summed E-state index contributed by atoms with van der Waals surface area (Å²) < 4.78 is 11.0. The highest BCUT2D eigenvalue weighted by Crippen LogP contribution is 2.29. The number of nitrogens with zero attached hydrogens (tertiary/aromatic N) is 3. The van der Waals surface area contributed by atoms with Crippen LogP contribution in [0, 0.1) is 13.8 Å². The van der Waals surface area contributed by atoms with Crippen molar-refractivity contribution in [2.45, 2.75) is 37.6 Å². The van der Waals surface area contributed by atoms with Crippen molar-refractivity contribution in [3.8, 4) is 5.75 Å². The fourth-order valence-electron chi connectivity index (χ4n) is 3.77. The van der Waals surface area contributed by atoms with E-state index in [1.54, 1.807) is 24.9 Å². The number of aryl methyl sites for hydroxylation is 2. The number of anilines is 1. The Labute approximate surface area is 209 Å². The third-order valence-corrected chi connectivity index (χ3v) is 6.58. The molecule has 0 aliphatic carbocycles. The summed E-state index contributed by atoms with van der Waals surface area (Å²) in [5, 5.41) is 4.21. The molecule has 1 aromatic carbocycles. The van der Waals surface area contributed by atoms with Crippen molar-refractivity contribution in [3.63, 3.8) is 0 Å². The quantitative estimate of drug-likeness (QED) is 0.301. The number of nitrogens with one attached hydrogen (secondary N) is 1. The molecule has 0 unspecified atom stereocenters. The molecule has 1 saturated heterocycles. The monoisotopic (exact) mass is 515 g/mol. The molecule has 1 aromatic heterocycles. The summed E-state index contributed by atoms with van der Waals surface area (Å²) in [4.78, 5) is 24.2. The summed E-state index contributed by atoms with van der Waals surface area (Å²) in [6, 6.07) is 4.96. The lowest BCUT2D eigenvalue weighted by Crippen LogP contribution is -2.55. The van der Waals surface area contributed by atoms with E-state index in [9.17, 15) is 4.79 Å². The average molecular weight is 516 g/mol. The van der Waals surface area contributed by atoms with E-state index in [1.807, 2.05) is 19.9 Å². The largest absolute Gasteiger partial charge is 0.496 e. The number of aromatic nitrogens is 2. The maximum Gasteiger partial charge on any atom is 0.255 e.